The van der Waals surface area contributed by atoms with Gasteiger partial charge in [-0.25, -0.2) is 8.42 Å². The van der Waals surface area contributed by atoms with Crippen molar-refractivity contribution in [3.63, 3.8) is 0 Å². The summed E-state index contributed by atoms with van der Waals surface area (Å²) in [6.07, 6.45) is 0. The molecule has 0 atom stereocenters. The molecule has 25 heavy (non-hydrogen) atoms. The average molecular weight is 359 g/mol. The molecule has 0 aliphatic carbocycles. The van der Waals surface area contributed by atoms with Crippen LogP contribution in [0.1, 0.15) is 5.89 Å². The van der Waals surface area contributed by atoms with Gasteiger partial charge in [-0.3, -0.25) is 0 Å². The Hall–Kier alpha value is -2.71. The first-order valence-electron chi connectivity index (χ1n) is 7.49. The average Bonchev–Trinajstić information content (AvgIpc) is 3.11. The van der Waals surface area contributed by atoms with Gasteiger partial charge >= 0.3 is 0 Å². The molecule has 0 N–H and O–H groups in total. The van der Waals surface area contributed by atoms with E-state index in [1.807, 2.05) is 0 Å². The molecule has 130 valence electrons. The molecule has 0 saturated carbocycles. The highest BCUT2D eigenvalue weighted by atomic mass is 32.2. The van der Waals surface area contributed by atoms with Crippen molar-refractivity contribution in [2.45, 2.75) is 11.4 Å². The van der Waals surface area contributed by atoms with Crippen LogP contribution in [-0.4, -0.2) is 37.0 Å². The van der Waals surface area contributed by atoms with Crippen LogP contribution in [0.3, 0.4) is 0 Å². The van der Waals surface area contributed by atoms with Crippen LogP contribution >= 0.6 is 0 Å². The predicted octanol–water partition coefficient (Wildman–Crippen LogP) is 2.57. The topological polar surface area (TPSA) is 85.5 Å². The van der Waals surface area contributed by atoms with Gasteiger partial charge in [0.05, 0.1) is 18.6 Å². The number of nitrogens with zero attached hydrogens (tertiary/aromatic N) is 3. The Balaban J connectivity index is 1.76. The van der Waals surface area contributed by atoms with Crippen LogP contribution in [0.2, 0.25) is 0 Å². The zero-order valence-corrected chi connectivity index (χ0v) is 14.6. The molecule has 0 saturated heterocycles. The van der Waals surface area contributed by atoms with Gasteiger partial charge < -0.3 is 9.26 Å². The molecule has 0 radical (unpaired) electrons. The van der Waals surface area contributed by atoms with Crippen molar-refractivity contribution in [2.75, 3.05) is 14.2 Å². The molecule has 0 fully saturated rings. The Morgan fingerprint density at radius 3 is 2.40 bits per heavy atom. The summed E-state index contributed by atoms with van der Waals surface area (Å²) < 4.78 is 36.5. The third-order valence-electron chi connectivity index (χ3n) is 3.63. The second-order valence-electron chi connectivity index (χ2n) is 5.31. The maximum Gasteiger partial charge on any atom is 0.243 e. The van der Waals surface area contributed by atoms with Crippen LogP contribution in [0.5, 0.6) is 5.75 Å². The summed E-state index contributed by atoms with van der Waals surface area (Å²) in [5.41, 5.74) is 0.754. The van der Waals surface area contributed by atoms with Crippen molar-refractivity contribution in [1.29, 1.82) is 0 Å². The first kappa shape index (κ1) is 17.1. The van der Waals surface area contributed by atoms with Crippen LogP contribution < -0.4 is 4.74 Å². The van der Waals surface area contributed by atoms with Crippen LogP contribution in [0.4, 0.5) is 0 Å². The largest absolute Gasteiger partial charge is 0.497 e. The molecular formula is C17H17N3O4S. The van der Waals surface area contributed by atoms with E-state index < -0.39 is 10.0 Å². The first-order valence-corrected chi connectivity index (χ1v) is 8.93. The third kappa shape index (κ3) is 3.70. The van der Waals surface area contributed by atoms with Gasteiger partial charge in [0.1, 0.15) is 5.75 Å². The standard InChI is InChI=1S/C17H17N3O4S/c1-20(25(21,22)15-6-4-3-5-7-15)12-16-18-17(19-24-16)13-8-10-14(23-2)11-9-13/h3-11H,12H2,1-2H3. The van der Waals surface area contributed by atoms with Crippen LogP contribution in [0.25, 0.3) is 11.4 Å². The first-order chi connectivity index (χ1) is 12.0. The fourth-order valence-corrected chi connectivity index (χ4v) is 3.37. The lowest BCUT2D eigenvalue weighted by Gasteiger charge is -2.14. The Morgan fingerprint density at radius 2 is 1.76 bits per heavy atom. The number of benzene rings is 2. The zero-order valence-electron chi connectivity index (χ0n) is 13.8. The van der Waals surface area contributed by atoms with Crippen molar-refractivity contribution in [1.82, 2.24) is 14.4 Å². The van der Waals surface area contributed by atoms with Gasteiger partial charge in [0, 0.05) is 12.6 Å². The minimum absolute atomic E-state index is 0.0135. The molecule has 0 amide bonds. The van der Waals surface area contributed by atoms with Crippen molar-refractivity contribution in [3.8, 4) is 17.1 Å². The molecule has 3 aromatic rings. The van der Waals surface area contributed by atoms with Crippen LogP contribution in [0.15, 0.2) is 64.0 Å². The fourth-order valence-electron chi connectivity index (χ4n) is 2.22. The molecule has 8 heteroatoms. The van der Waals surface area contributed by atoms with E-state index >= 15 is 0 Å². The van der Waals surface area contributed by atoms with E-state index in [-0.39, 0.29) is 17.3 Å². The van der Waals surface area contributed by atoms with Crippen molar-refractivity contribution < 1.29 is 17.7 Å². The summed E-state index contributed by atoms with van der Waals surface area (Å²) in [4.78, 5) is 4.47. The predicted molar refractivity (Wildman–Crippen MR) is 91.4 cm³/mol. The summed E-state index contributed by atoms with van der Waals surface area (Å²) >= 11 is 0. The summed E-state index contributed by atoms with van der Waals surface area (Å²) in [5.74, 6) is 1.33. The molecule has 0 aliphatic heterocycles. The number of sulfonamides is 1. The van der Waals surface area contributed by atoms with Gasteiger partial charge in [-0.2, -0.15) is 9.29 Å². The molecule has 7 nitrogen and oxygen atoms in total. The Labute approximate surface area is 145 Å². The highest BCUT2D eigenvalue weighted by molar-refractivity contribution is 7.89. The normalized spacial score (nSPS) is 11.6. The molecular weight excluding hydrogens is 342 g/mol. The minimum Gasteiger partial charge on any atom is -0.497 e. The molecule has 0 bridgehead atoms. The van der Waals surface area contributed by atoms with Gasteiger partial charge in [0.15, 0.2) is 0 Å². The van der Waals surface area contributed by atoms with Crippen molar-refractivity contribution in [3.05, 3.63) is 60.5 Å². The number of hydrogen-bond acceptors (Lipinski definition) is 6. The number of rotatable bonds is 6. The molecule has 0 unspecified atom stereocenters. The minimum atomic E-state index is -3.61. The molecule has 1 heterocycles. The summed E-state index contributed by atoms with van der Waals surface area (Å²) in [5, 5.41) is 3.90. The fraction of sp³-hybridized carbons (Fsp3) is 0.176. The molecule has 0 aliphatic rings. The Morgan fingerprint density at radius 1 is 1.08 bits per heavy atom. The molecule has 1 aromatic heterocycles. The van der Waals surface area contributed by atoms with E-state index in [4.69, 9.17) is 9.26 Å². The maximum atomic E-state index is 12.5. The van der Waals surface area contributed by atoms with Crippen molar-refractivity contribution >= 4 is 10.0 Å². The highest BCUT2D eigenvalue weighted by Gasteiger charge is 2.23. The lowest BCUT2D eigenvalue weighted by molar-refractivity contribution is 0.337. The quantitative estimate of drug-likeness (QED) is 0.672. The van der Waals surface area contributed by atoms with Gasteiger partial charge in [0.2, 0.25) is 21.7 Å². The lowest BCUT2D eigenvalue weighted by atomic mass is 10.2. The monoisotopic (exact) mass is 359 g/mol. The SMILES string of the molecule is COc1ccc(-c2noc(CN(C)S(=O)(=O)c3ccccc3)n2)cc1. The second kappa shape index (κ2) is 7.04. The van der Waals surface area contributed by atoms with Gasteiger partial charge in [-0.1, -0.05) is 23.4 Å². The summed E-state index contributed by atoms with van der Waals surface area (Å²) in [6, 6.07) is 15.4. The van der Waals surface area contributed by atoms with E-state index in [2.05, 4.69) is 10.1 Å². The van der Waals surface area contributed by atoms with Crippen LogP contribution in [-0.2, 0) is 16.6 Å². The molecule has 3 rings (SSSR count). The second-order valence-corrected chi connectivity index (χ2v) is 7.36. The van der Waals surface area contributed by atoms with Gasteiger partial charge in [-0.15, -0.1) is 0 Å². The highest BCUT2D eigenvalue weighted by Crippen LogP contribution is 2.21. The van der Waals surface area contributed by atoms with Crippen molar-refractivity contribution in [2.24, 2.45) is 0 Å². The van der Waals surface area contributed by atoms with E-state index in [1.165, 1.54) is 11.4 Å². The lowest BCUT2D eigenvalue weighted by Crippen LogP contribution is -2.26. The maximum absolute atomic E-state index is 12.5. The summed E-state index contributed by atoms with van der Waals surface area (Å²) in [6.45, 7) is -0.0135. The van der Waals surface area contributed by atoms with E-state index in [9.17, 15) is 8.42 Å². The molecule has 0 spiro atoms. The van der Waals surface area contributed by atoms with Crippen LogP contribution in [0, 0.1) is 0 Å². The van der Waals surface area contributed by atoms with E-state index in [0.717, 1.165) is 11.3 Å². The Kier molecular flexibility index (Phi) is 4.82. The number of ether oxygens (including phenoxy) is 1. The van der Waals surface area contributed by atoms with E-state index in [0.29, 0.717) is 5.82 Å². The summed E-state index contributed by atoms with van der Waals surface area (Å²) in [7, 11) is -0.553. The number of aromatic nitrogens is 2. The Bertz CT molecular complexity index is 938. The smallest absolute Gasteiger partial charge is 0.243 e. The number of methoxy groups -OCH3 is 1. The van der Waals surface area contributed by atoms with Gasteiger partial charge in [0.25, 0.3) is 0 Å². The van der Waals surface area contributed by atoms with E-state index in [1.54, 1.807) is 61.7 Å². The van der Waals surface area contributed by atoms with Gasteiger partial charge in [-0.05, 0) is 36.4 Å². The number of hydrogen-bond donors (Lipinski definition) is 0. The third-order valence-corrected chi connectivity index (χ3v) is 5.44. The zero-order chi connectivity index (χ0) is 17.9. The molecule has 2 aromatic carbocycles.